The molecule has 0 radical (unpaired) electrons. The molecule has 178 valence electrons. The molecule has 0 amide bonds. The summed E-state index contributed by atoms with van der Waals surface area (Å²) in [6.07, 6.45) is 1.46. The van der Waals surface area contributed by atoms with E-state index in [1.807, 2.05) is 78.2 Å². The summed E-state index contributed by atoms with van der Waals surface area (Å²) in [4.78, 5) is 9.04. The highest BCUT2D eigenvalue weighted by Crippen LogP contribution is 2.23. The first-order chi connectivity index (χ1) is 17.2. The number of fused-ring (bicyclic) bond motifs is 1. The summed E-state index contributed by atoms with van der Waals surface area (Å²) in [6, 6.07) is 22.0. The lowest BCUT2D eigenvalue weighted by Crippen LogP contribution is -2.12. The Morgan fingerprint density at radius 2 is 1.74 bits per heavy atom. The first kappa shape index (κ1) is 22.4. The van der Waals surface area contributed by atoms with E-state index in [-0.39, 0.29) is 0 Å². The monoisotopic (exact) mass is 469 g/mol. The normalized spacial score (nSPS) is 11.0. The molecule has 35 heavy (non-hydrogen) atoms. The summed E-state index contributed by atoms with van der Waals surface area (Å²) in [7, 11) is 1.66. The van der Waals surface area contributed by atoms with Crippen LogP contribution >= 0.6 is 0 Å². The Morgan fingerprint density at radius 3 is 2.49 bits per heavy atom. The number of anilines is 1. The maximum absolute atomic E-state index is 5.82. The molecular weight excluding hydrogens is 442 g/mol. The van der Waals surface area contributed by atoms with Crippen LogP contribution in [-0.4, -0.2) is 50.0 Å². The molecule has 9 nitrogen and oxygen atoms in total. The molecule has 0 unspecified atom stereocenters. The van der Waals surface area contributed by atoms with Gasteiger partial charge in [-0.1, -0.05) is 25.1 Å². The van der Waals surface area contributed by atoms with E-state index >= 15 is 0 Å². The van der Waals surface area contributed by atoms with Crippen LogP contribution in [0.3, 0.4) is 0 Å². The Morgan fingerprint density at radius 1 is 0.943 bits per heavy atom. The number of rotatable bonds is 10. The summed E-state index contributed by atoms with van der Waals surface area (Å²) in [5.41, 5.74) is 3.97. The Kier molecular flexibility index (Phi) is 6.56. The van der Waals surface area contributed by atoms with Crippen molar-refractivity contribution in [1.82, 2.24) is 29.8 Å². The van der Waals surface area contributed by atoms with Crippen molar-refractivity contribution in [3.63, 3.8) is 0 Å². The number of ether oxygens (including phenoxy) is 2. The zero-order valence-electron chi connectivity index (χ0n) is 19.7. The molecule has 0 saturated carbocycles. The molecule has 0 spiro atoms. The van der Waals surface area contributed by atoms with Gasteiger partial charge in [-0.15, -0.1) is 5.10 Å². The number of benzene rings is 2. The van der Waals surface area contributed by atoms with Crippen LogP contribution in [0.15, 0.2) is 66.7 Å². The Balaban J connectivity index is 1.20. The molecule has 5 aromatic rings. The number of H-pyrrole nitrogens is 1. The average Bonchev–Trinajstić information content (AvgIpc) is 3.54. The second-order valence-corrected chi connectivity index (χ2v) is 7.99. The molecular formula is C26H27N7O2. The van der Waals surface area contributed by atoms with Gasteiger partial charge in [0, 0.05) is 18.4 Å². The van der Waals surface area contributed by atoms with Gasteiger partial charge >= 0.3 is 0 Å². The fourth-order valence-electron chi connectivity index (χ4n) is 3.76. The predicted octanol–water partition coefficient (Wildman–Crippen LogP) is 4.17. The van der Waals surface area contributed by atoms with Crippen molar-refractivity contribution < 1.29 is 9.47 Å². The molecule has 0 bridgehead atoms. The zero-order chi connectivity index (χ0) is 24.0. The van der Waals surface area contributed by atoms with Gasteiger partial charge in [-0.2, -0.15) is 10.1 Å². The molecule has 5 rings (SSSR count). The summed E-state index contributed by atoms with van der Waals surface area (Å²) in [5.74, 6) is 3.85. The number of methoxy groups -OCH3 is 1. The van der Waals surface area contributed by atoms with Crippen molar-refractivity contribution in [3.8, 4) is 22.8 Å². The van der Waals surface area contributed by atoms with E-state index in [1.165, 1.54) is 0 Å². The van der Waals surface area contributed by atoms with Gasteiger partial charge in [-0.05, 0) is 54.1 Å². The molecule has 0 saturated heterocycles. The second-order valence-electron chi connectivity index (χ2n) is 7.99. The van der Waals surface area contributed by atoms with Crippen LogP contribution in [0, 0.1) is 0 Å². The number of pyridine rings is 1. The molecule has 3 heterocycles. The largest absolute Gasteiger partial charge is 0.497 e. The van der Waals surface area contributed by atoms with Crippen LogP contribution in [0.5, 0.6) is 11.5 Å². The number of aromatic amines is 1. The zero-order valence-corrected chi connectivity index (χ0v) is 19.7. The smallest absolute Gasteiger partial charge is 0.242 e. The van der Waals surface area contributed by atoms with Gasteiger partial charge in [0.05, 0.1) is 19.3 Å². The van der Waals surface area contributed by atoms with Gasteiger partial charge < -0.3 is 14.8 Å². The average molecular weight is 470 g/mol. The van der Waals surface area contributed by atoms with Crippen LogP contribution in [0.1, 0.15) is 24.1 Å². The Hall–Kier alpha value is -4.40. The van der Waals surface area contributed by atoms with Gasteiger partial charge in [0.25, 0.3) is 0 Å². The van der Waals surface area contributed by atoms with Crippen LogP contribution < -0.4 is 14.8 Å². The van der Waals surface area contributed by atoms with Crippen molar-refractivity contribution in [1.29, 1.82) is 0 Å². The molecule has 0 aliphatic heterocycles. The summed E-state index contributed by atoms with van der Waals surface area (Å²) in [6.45, 7) is 3.16. The summed E-state index contributed by atoms with van der Waals surface area (Å²) >= 11 is 0. The molecule has 0 atom stereocenters. The van der Waals surface area contributed by atoms with Gasteiger partial charge in [0.15, 0.2) is 11.5 Å². The van der Waals surface area contributed by atoms with Crippen LogP contribution in [0.4, 0.5) is 5.95 Å². The van der Waals surface area contributed by atoms with Crippen molar-refractivity contribution in [2.75, 3.05) is 25.6 Å². The highest BCUT2D eigenvalue weighted by molar-refractivity contribution is 5.63. The quantitative estimate of drug-likeness (QED) is 0.296. The second kappa shape index (κ2) is 10.3. The fourth-order valence-corrected chi connectivity index (χ4v) is 3.76. The lowest BCUT2D eigenvalue weighted by Gasteiger charge is -2.07. The van der Waals surface area contributed by atoms with Gasteiger partial charge in [-0.25, -0.2) is 9.50 Å². The van der Waals surface area contributed by atoms with Gasteiger partial charge in [0.1, 0.15) is 23.9 Å². The predicted molar refractivity (Wildman–Crippen MR) is 134 cm³/mol. The number of aryl methyl sites for hydroxylation is 1. The minimum atomic E-state index is 0.511. The molecule has 0 aliphatic rings. The van der Waals surface area contributed by atoms with Crippen molar-refractivity contribution in [2.45, 2.75) is 19.8 Å². The topological polar surface area (TPSA) is 102 Å². The molecule has 0 aliphatic carbocycles. The van der Waals surface area contributed by atoms with Crippen molar-refractivity contribution in [2.24, 2.45) is 0 Å². The summed E-state index contributed by atoms with van der Waals surface area (Å²) in [5, 5.41) is 14.9. The molecule has 3 aromatic heterocycles. The third-order valence-electron chi connectivity index (χ3n) is 5.60. The lowest BCUT2D eigenvalue weighted by molar-refractivity contribution is 0.332. The Bertz CT molecular complexity index is 1390. The summed E-state index contributed by atoms with van der Waals surface area (Å²) < 4.78 is 13.0. The van der Waals surface area contributed by atoms with E-state index in [4.69, 9.17) is 19.6 Å². The van der Waals surface area contributed by atoms with Gasteiger partial charge in [-0.3, -0.25) is 5.10 Å². The maximum atomic E-state index is 5.82. The highest BCUT2D eigenvalue weighted by Gasteiger charge is 2.10. The van der Waals surface area contributed by atoms with Crippen molar-refractivity contribution >= 4 is 11.6 Å². The number of hydrogen-bond donors (Lipinski definition) is 2. The van der Waals surface area contributed by atoms with E-state index in [9.17, 15) is 0 Å². The van der Waals surface area contributed by atoms with Gasteiger partial charge in [0.2, 0.25) is 5.95 Å². The first-order valence-electron chi connectivity index (χ1n) is 11.6. The minimum Gasteiger partial charge on any atom is -0.497 e. The Labute approximate surface area is 203 Å². The third kappa shape index (κ3) is 5.24. The molecule has 2 N–H and O–H groups in total. The number of nitrogens with one attached hydrogen (secondary N) is 2. The van der Waals surface area contributed by atoms with Crippen LogP contribution in [0.2, 0.25) is 0 Å². The molecule has 0 fully saturated rings. The van der Waals surface area contributed by atoms with Crippen LogP contribution in [-0.2, 0) is 12.8 Å². The fraction of sp³-hybridized carbons (Fsp3) is 0.231. The number of hydrogen-bond acceptors (Lipinski definition) is 7. The van der Waals surface area contributed by atoms with E-state index in [0.29, 0.717) is 25.5 Å². The number of aromatic nitrogens is 6. The highest BCUT2D eigenvalue weighted by atomic mass is 16.5. The van der Waals surface area contributed by atoms with E-state index in [2.05, 4.69) is 20.5 Å². The van der Waals surface area contributed by atoms with Crippen LogP contribution in [0.25, 0.3) is 16.9 Å². The molecule has 2 aromatic carbocycles. The number of nitrogens with zero attached hydrogens (tertiary/aromatic N) is 5. The maximum Gasteiger partial charge on any atom is 0.242 e. The van der Waals surface area contributed by atoms with E-state index in [1.54, 1.807) is 7.11 Å². The van der Waals surface area contributed by atoms with E-state index < -0.39 is 0 Å². The SMILES string of the molecule is CCc1nc(NCCOc2ccc(Cc3nc4cccc(-c5ccc(OC)cc5)n4n3)cc2)n[nH]1. The molecule has 9 heteroatoms. The lowest BCUT2D eigenvalue weighted by atomic mass is 10.1. The first-order valence-corrected chi connectivity index (χ1v) is 11.6. The van der Waals surface area contributed by atoms with E-state index in [0.717, 1.165) is 52.0 Å². The van der Waals surface area contributed by atoms with Crippen molar-refractivity contribution in [3.05, 3.63) is 83.9 Å². The third-order valence-corrected chi connectivity index (χ3v) is 5.60. The minimum absolute atomic E-state index is 0.511. The standard InChI is InChI=1S/C26H27N7O2/c1-3-23-29-26(31-30-23)27-15-16-35-21-11-7-18(8-12-21)17-24-28-25-6-4-5-22(33(25)32-24)19-9-13-20(34-2)14-10-19/h4-14H,3,15-17H2,1-2H3,(H2,27,29,30,31).